The smallest absolute Gasteiger partial charge is 0.419 e. The summed E-state index contributed by atoms with van der Waals surface area (Å²) in [6, 6.07) is 13.9. The Kier molecular flexibility index (Phi) is 8.64. The summed E-state index contributed by atoms with van der Waals surface area (Å²) >= 11 is 0. The number of carbonyl (C=O) groups excluding carboxylic acids is 2. The van der Waals surface area contributed by atoms with Crippen molar-refractivity contribution >= 4 is 23.6 Å². The summed E-state index contributed by atoms with van der Waals surface area (Å²) in [5.41, 5.74) is 2.08. The van der Waals surface area contributed by atoms with Crippen LogP contribution in [0.5, 0.6) is 5.75 Å². The molecule has 0 aliphatic rings. The summed E-state index contributed by atoms with van der Waals surface area (Å²) in [5, 5.41) is 2.60. The van der Waals surface area contributed by atoms with Crippen LogP contribution >= 0.6 is 0 Å². The number of hydrogen-bond acceptors (Lipinski definition) is 6. The lowest BCUT2D eigenvalue weighted by molar-refractivity contribution is -0.0943. The summed E-state index contributed by atoms with van der Waals surface area (Å²) in [5.74, 6) is 0.270. The summed E-state index contributed by atoms with van der Waals surface area (Å²) in [6.45, 7) is 5.58. The molecule has 162 valence electrons. The molecule has 1 N–H and O–H groups in total. The number of anilines is 2. The van der Waals surface area contributed by atoms with E-state index in [0.717, 1.165) is 5.56 Å². The summed E-state index contributed by atoms with van der Waals surface area (Å²) in [7, 11) is 3.00. The molecule has 0 aromatic heterocycles. The predicted molar refractivity (Wildman–Crippen MR) is 114 cm³/mol. The Morgan fingerprint density at radius 1 is 1.03 bits per heavy atom. The first-order valence-electron chi connectivity index (χ1n) is 9.51. The summed E-state index contributed by atoms with van der Waals surface area (Å²) in [4.78, 5) is 26.2. The van der Waals surface area contributed by atoms with Crippen molar-refractivity contribution < 1.29 is 28.5 Å². The number of nitrogens with one attached hydrogen (secondary N) is 1. The molecule has 0 radical (unpaired) electrons. The minimum absolute atomic E-state index is 0.133. The zero-order valence-electron chi connectivity index (χ0n) is 17.9. The maximum Gasteiger partial charge on any atom is 0.419 e. The number of hydrogen-bond donors (Lipinski definition) is 1. The van der Waals surface area contributed by atoms with Gasteiger partial charge in [-0.3, -0.25) is 10.2 Å². The summed E-state index contributed by atoms with van der Waals surface area (Å²) in [6.07, 6.45) is -2.07. The van der Waals surface area contributed by atoms with Crippen LogP contribution in [0.2, 0.25) is 0 Å². The second-order valence-corrected chi connectivity index (χ2v) is 6.83. The van der Waals surface area contributed by atoms with Gasteiger partial charge >= 0.3 is 12.2 Å². The summed E-state index contributed by atoms with van der Waals surface area (Å²) < 4.78 is 21.1. The number of methoxy groups -OCH3 is 2. The maximum atomic E-state index is 13.0. The average molecular weight is 416 g/mol. The lowest BCUT2D eigenvalue weighted by Crippen LogP contribution is -2.40. The van der Waals surface area contributed by atoms with Gasteiger partial charge < -0.3 is 18.9 Å². The first-order chi connectivity index (χ1) is 14.3. The highest BCUT2D eigenvalue weighted by Crippen LogP contribution is 2.22. The third-order valence-corrected chi connectivity index (χ3v) is 4.02. The van der Waals surface area contributed by atoms with E-state index in [4.69, 9.17) is 18.9 Å². The molecule has 0 aliphatic heterocycles. The van der Waals surface area contributed by atoms with Gasteiger partial charge in [0.1, 0.15) is 5.75 Å². The largest absolute Gasteiger partial charge is 0.447 e. The van der Waals surface area contributed by atoms with E-state index in [1.54, 1.807) is 38.1 Å². The van der Waals surface area contributed by atoms with E-state index < -0.39 is 18.5 Å². The van der Waals surface area contributed by atoms with E-state index >= 15 is 0 Å². The fourth-order valence-corrected chi connectivity index (χ4v) is 2.63. The molecule has 0 fully saturated rings. The van der Waals surface area contributed by atoms with Crippen LogP contribution in [0.1, 0.15) is 19.4 Å². The lowest BCUT2D eigenvalue weighted by atomic mass is 10.2. The molecule has 8 nitrogen and oxygen atoms in total. The van der Waals surface area contributed by atoms with Crippen LogP contribution in [0.4, 0.5) is 21.0 Å². The molecular formula is C22H28N2O6. The second-order valence-electron chi connectivity index (χ2n) is 6.83. The molecule has 2 amide bonds. The van der Waals surface area contributed by atoms with Gasteiger partial charge in [-0.15, -0.1) is 0 Å². The maximum absolute atomic E-state index is 13.0. The van der Waals surface area contributed by atoms with Crippen molar-refractivity contribution in [3.63, 3.8) is 0 Å². The average Bonchev–Trinajstić information content (AvgIpc) is 2.68. The monoisotopic (exact) mass is 416 g/mol. The van der Waals surface area contributed by atoms with Crippen molar-refractivity contribution in [1.82, 2.24) is 0 Å². The molecule has 0 saturated carbocycles. The molecule has 2 aromatic rings. The van der Waals surface area contributed by atoms with Gasteiger partial charge in [-0.1, -0.05) is 18.2 Å². The topological polar surface area (TPSA) is 86.3 Å². The molecule has 0 atom stereocenters. The van der Waals surface area contributed by atoms with Crippen LogP contribution in [0.25, 0.3) is 0 Å². The Morgan fingerprint density at radius 3 is 2.37 bits per heavy atom. The number of carbonyl (C=O) groups is 2. The second kappa shape index (κ2) is 11.2. The minimum atomic E-state index is -0.628. The van der Waals surface area contributed by atoms with Crippen molar-refractivity contribution in [3.05, 3.63) is 54.1 Å². The zero-order valence-corrected chi connectivity index (χ0v) is 17.9. The van der Waals surface area contributed by atoms with Gasteiger partial charge in [0.15, 0.2) is 6.29 Å². The minimum Gasteiger partial charge on any atom is -0.447 e. The van der Waals surface area contributed by atoms with Crippen LogP contribution < -0.4 is 15.0 Å². The van der Waals surface area contributed by atoms with Gasteiger partial charge in [0.2, 0.25) is 0 Å². The lowest BCUT2D eigenvalue weighted by Gasteiger charge is -2.26. The van der Waals surface area contributed by atoms with Crippen LogP contribution in [0.15, 0.2) is 48.5 Å². The number of rotatable bonds is 8. The SMILES string of the molecule is COC(CN(C(=O)Oc1cccc(NC(=O)OC(C)C)c1)c1cccc(C)c1)OC. The molecule has 0 saturated heterocycles. The van der Waals surface area contributed by atoms with Crippen molar-refractivity contribution in [3.8, 4) is 5.75 Å². The quantitative estimate of drug-likeness (QED) is 0.634. The molecule has 30 heavy (non-hydrogen) atoms. The van der Waals surface area contributed by atoms with Gasteiger partial charge in [0.25, 0.3) is 0 Å². The van der Waals surface area contributed by atoms with Crippen molar-refractivity contribution in [2.75, 3.05) is 31.0 Å². The van der Waals surface area contributed by atoms with Gasteiger partial charge in [-0.05, 0) is 50.6 Å². The van der Waals surface area contributed by atoms with Crippen LogP contribution in [0, 0.1) is 6.92 Å². The molecule has 0 aliphatic carbocycles. The zero-order chi connectivity index (χ0) is 22.1. The van der Waals surface area contributed by atoms with Crippen molar-refractivity contribution in [2.24, 2.45) is 0 Å². The van der Waals surface area contributed by atoms with E-state index in [1.807, 2.05) is 25.1 Å². The van der Waals surface area contributed by atoms with Crippen LogP contribution in [-0.2, 0) is 14.2 Å². The van der Waals surface area contributed by atoms with E-state index in [-0.39, 0.29) is 18.4 Å². The van der Waals surface area contributed by atoms with Gasteiger partial charge in [-0.2, -0.15) is 0 Å². The normalized spacial score (nSPS) is 10.8. The Balaban J connectivity index is 2.18. The van der Waals surface area contributed by atoms with E-state index in [9.17, 15) is 9.59 Å². The Morgan fingerprint density at radius 2 is 1.73 bits per heavy atom. The number of aryl methyl sites for hydroxylation is 1. The van der Waals surface area contributed by atoms with Gasteiger partial charge in [0.05, 0.1) is 12.6 Å². The number of amides is 2. The molecule has 2 aromatic carbocycles. The van der Waals surface area contributed by atoms with Gasteiger partial charge in [-0.25, -0.2) is 9.59 Å². The highest BCUT2D eigenvalue weighted by Gasteiger charge is 2.23. The van der Waals surface area contributed by atoms with Crippen LogP contribution in [0.3, 0.4) is 0 Å². The third kappa shape index (κ3) is 7.06. The van der Waals surface area contributed by atoms with E-state index in [1.165, 1.54) is 25.2 Å². The molecule has 0 spiro atoms. The number of benzene rings is 2. The van der Waals surface area contributed by atoms with Crippen LogP contribution in [-0.4, -0.2) is 45.3 Å². The molecule has 0 bridgehead atoms. The first kappa shape index (κ1) is 23.2. The predicted octanol–water partition coefficient (Wildman–Crippen LogP) is 4.58. The molecular weight excluding hydrogens is 388 g/mol. The molecule has 0 heterocycles. The van der Waals surface area contributed by atoms with E-state index in [0.29, 0.717) is 11.4 Å². The fraction of sp³-hybridized carbons (Fsp3) is 0.364. The number of ether oxygens (including phenoxy) is 4. The highest BCUT2D eigenvalue weighted by molar-refractivity contribution is 5.90. The molecule has 2 rings (SSSR count). The third-order valence-electron chi connectivity index (χ3n) is 4.02. The van der Waals surface area contributed by atoms with Crippen molar-refractivity contribution in [1.29, 1.82) is 0 Å². The van der Waals surface area contributed by atoms with E-state index in [2.05, 4.69) is 5.32 Å². The molecule has 8 heteroatoms. The van der Waals surface area contributed by atoms with Gasteiger partial charge in [0, 0.05) is 31.7 Å². The Hall–Kier alpha value is -3.10. The fourth-order valence-electron chi connectivity index (χ4n) is 2.63. The van der Waals surface area contributed by atoms with Crippen molar-refractivity contribution in [2.45, 2.75) is 33.2 Å². The molecule has 0 unspecified atom stereocenters. The highest BCUT2D eigenvalue weighted by atomic mass is 16.7. The number of nitrogens with zero attached hydrogens (tertiary/aromatic N) is 1. The Labute approximate surface area is 176 Å². The first-order valence-corrected chi connectivity index (χ1v) is 9.51. The standard InChI is InChI=1S/C22H28N2O6/c1-15(2)29-21(25)23-17-9-7-11-19(13-17)30-22(26)24(14-20(27-4)28-5)18-10-6-8-16(3)12-18/h6-13,15,20H,14H2,1-5H3,(H,23,25). The Bertz CT molecular complexity index is 851.